The molecule has 4 nitrogen and oxygen atoms in total. The maximum absolute atomic E-state index is 12.3. The predicted molar refractivity (Wildman–Crippen MR) is 73.8 cm³/mol. The Morgan fingerprint density at radius 2 is 1.95 bits per heavy atom. The zero-order valence-electron chi connectivity index (χ0n) is 11.8. The number of sulfone groups is 1. The molecule has 0 N–H and O–H groups in total. The molecular weight excluding hydrogens is 264 g/mol. The summed E-state index contributed by atoms with van der Waals surface area (Å²) in [6.07, 6.45) is 0.552. The Labute approximate surface area is 114 Å². The van der Waals surface area contributed by atoms with Crippen LogP contribution in [-0.2, 0) is 25.8 Å². The molecule has 1 aromatic carbocycles. The molecule has 0 aliphatic carbocycles. The summed E-state index contributed by atoms with van der Waals surface area (Å²) in [5, 5.41) is -0.480. The smallest absolute Gasteiger partial charge is 0.305 e. The van der Waals surface area contributed by atoms with E-state index in [4.69, 9.17) is 0 Å². The van der Waals surface area contributed by atoms with Crippen molar-refractivity contribution in [2.75, 3.05) is 7.11 Å². The van der Waals surface area contributed by atoms with Crippen LogP contribution in [0.1, 0.15) is 31.4 Å². The summed E-state index contributed by atoms with van der Waals surface area (Å²) < 4.78 is 29.1. The fourth-order valence-electron chi connectivity index (χ4n) is 1.77. The lowest BCUT2D eigenvalue weighted by molar-refractivity contribution is -0.140. The van der Waals surface area contributed by atoms with Crippen LogP contribution in [0.2, 0.25) is 0 Å². The Morgan fingerprint density at radius 1 is 1.32 bits per heavy atom. The van der Waals surface area contributed by atoms with Gasteiger partial charge in [0.15, 0.2) is 9.84 Å². The third-order valence-electron chi connectivity index (χ3n) is 2.97. The molecule has 0 fully saturated rings. The van der Waals surface area contributed by atoms with Crippen LogP contribution in [0, 0.1) is 6.92 Å². The normalized spacial score (nSPS) is 11.6. The lowest BCUT2D eigenvalue weighted by Gasteiger charge is -2.13. The molecule has 106 valence electrons. The summed E-state index contributed by atoms with van der Waals surface area (Å²) >= 11 is 0. The maximum Gasteiger partial charge on any atom is 0.305 e. The summed E-state index contributed by atoms with van der Waals surface area (Å²) in [6, 6.07) is 5.21. The van der Waals surface area contributed by atoms with Gasteiger partial charge in [0, 0.05) is 6.42 Å². The average molecular weight is 284 g/mol. The fourth-order valence-corrected chi connectivity index (χ4v) is 3.07. The molecule has 0 spiro atoms. The summed E-state index contributed by atoms with van der Waals surface area (Å²) in [6.45, 7) is 5.20. The molecule has 0 unspecified atom stereocenters. The van der Waals surface area contributed by atoms with Crippen LogP contribution in [0.15, 0.2) is 23.1 Å². The van der Waals surface area contributed by atoms with Crippen molar-refractivity contribution in [2.45, 2.75) is 43.8 Å². The Morgan fingerprint density at radius 3 is 2.47 bits per heavy atom. The first-order chi connectivity index (χ1) is 8.78. The van der Waals surface area contributed by atoms with Gasteiger partial charge in [-0.3, -0.25) is 4.79 Å². The van der Waals surface area contributed by atoms with Crippen LogP contribution in [0.25, 0.3) is 0 Å². The molecule has 0 aliphatic rings. The summed E-state index contributed by atoms with van der Waals surface area (Å²) in [7, 11) is -2.01. The molecule has 1 rings (SSSR count). The Hall–Kier alpha value is -1.36. The molecule has 1 aromatic rings. The van der Waals surface area contributed by atoms with E-state index in [0.717, 1.165) is 5.56 Å². The Balaban J connectivity index is 3.16. The highest BCUT2D eigenvalue weighted by atomic mass is 32.2. The van der Waals surface area contributed by atoms with Gasteiger partial charge in [0.2, 0.25) is 0 Å². The number of rotatable bonds is 5. The second-order valence-electron chi connectivity index (χ2n) is 4.78. The van der Waals surface area contributed by atoms with E-state index in [1.54, 1.807) is 26.0 Å². The van der Waals surface area contributed by atoms with Crippen LogP contribution in [0.5, 0.6) is 0 Å². The standard InChI is InChI=1S/C14H20O4S/c1-10(2)19(16,17)13-7-5-11(3)9-12(13)6-8-14(15)18-4/h5,7,9-10H,6,8H2,1-4H3. The zero-order valence-corrected chi connectivity index (χ0v) is 12.6. The summed E-state index contributed by atoms with van der Waals surface area (Å²) in [5.41, 5.74) is 1.65. The molecule has 0 atom stereocenters. The topological polar surface area (TPSA) is 60.4 Å². The van der Waals surface area contributed by atoms with Gasteiger partial charge in [-0.25, -0.2) is 8.42 Å². The third-order valence-corrected chi connectivity index (χ3v) is 5.22. The quantitative estimate of drug-likeness (QED) is 0.778. The minimum Gasteiger partial charge on any atom is -0.469 e. The molecule has 0 saturated heterocycles. The summed E-state index contributed by atoms with van der Waals surface area (Å²) in [4.78, 5) is 11.5. The number of methoxy groups -OCH3 is 1. The van der Waals surface area contributed by atoms with Crippen molar-refractivity contribution < 1.29 is 17.9 Å². The lowest BCUT2D eigenvalue weighted by atomic mass is 10.1. The minimum atomic E-state index is -3.33. The molecule has 0 aliphatic heterocycles. The van der Waals surface area contributed by atoms with Crippen molar-refractivity contribution in [3.05, 3.63) is 29.3 Å². The van der Waals surface area contributed by atoms with Crippen LogP contribution in [0.3, 0.4) is 0 Å². The van der Waals surface area contributed by atoms with Gasteiger partial charge >= 0.3 is 5.97 Å². The molecular formula is C14H20O4S. The number of aryl methyl sites for hydroxylation is 2. The summed E-state index contributed by atoms with van der Waals surface area (Å²) in [5.74, 6) is -0.339. The highest BCUT2D eigenvalue weighted by Gasteiger charge is 2.22. The van der Waals surface area contributed by atoms with E-state index in [1.807, 2.05) is 13.0 Å². The van der Waals surface area contributed by atoms with Crippen LogP contribution in [0.4, 0.5) is 0 Å². The molecule has 0 saturated carbocycles. The number of carbonyl (C=O) groups is 1. The second-order valence-corrected chi connectivity index (χ2v) is 7.25. The first-order valence-corrected chi connectivity index (χ1v) is 7.74. The van der Waals surface area contributed by atoms with Gasteiger partial charge in [0.25, 0.3) is 0 Å². The molecule has 0 radical (unpaired) electrons. The van der Waals surface area contributed by atoms with Gasteiger partial charge < -0.3 is 4.74 Å². The second kappa shape index (κ2) is 6.19. The molecule has 0 bridgehead atoms. The van der Waals surface area contributed by atoms with E-state index in [-0.39, 0.29) is 12.4 Å². The van der Waals surface area contributed by atoms with E-state index >= 15 is 0 Å². The van der Waals surface area contributed by atoms with E-state index < -0.39 is 15.1 Å². The first kappa shape index (κ1) is 15.7. The zero-order chi connectivity index (χ0) is 14.6. The van der Waals surface area contributed by atoms with Gasteiger partial charge in [-0.1, -0.05) is 17.7 Å². The van der Waals surface area contributed by atoms with E-state index in [0.29, 0.717) is 16.9 Å². The largest absolute Gasteiger partial charge is 0.469 e. The average Bonchev–Trinajstić information content (AvgIpc) is 2.35. The fraction of sp³-hybridized carbons (Fsp3) is 0.500. The van der Waals surface area contributed by atoms with Crippen LogP contribution < -0.4 is 0 Å². The highest BCUT2D eigenvalue weighted by Crippen LogP contribution is 2.23. The van der Waals surface area contributed by atoms with Crippen molar-refractivity contribution in [2.24, 2.45) is 0 Å². The number of carbonyl (C=O) groups excluding carboxylic acids is 1. The number of ether oxygens (including phenoxy) is 1. The van der Waals surface area contributed by atoms with Crippen molar-refractivity contribution in [3.8, 4) is 0 Å². The SMILES string of the molecule is COC(=O)CCc1cc(C)ccc1S(=O)(=O)C(C)C. The lowest BCUT2D eigenvalue weighted by Crippen LogP contribution is -2.16. The molecule has 0 heterocycles. The molecule has 5 heteroatoms. The Kier molecular flexibility index (Phi) is 5.11. The van der Waals surface area contributed by atoms with Crippen molar-refractivity contribution in [1.82, 2.24) is 0 Å². The number of benzene rings is 1. The maximum atomic E-state index is 12.3. The van der Waals surface area contributed by atoms with Crippen molar-refractivity contribution >= 4 is 15.8 Å². The minimum absolute atomic E-state index is 0.181. The first-order valence-electron chi connectivity index (χ1n) is 6.19. The monoisotopic (exact) mass is 284 g/mol. The molecule has 19 heavy (non-hydrogen) atoms. The Bertz CT molecular complexity index is 559. The van der Waals surface area contributed by atoms with Crippen molar-refractivity contribution in [3.63, 3.8) is 0 Å². The third kappa shape index (κ3) is 3.80. The predicted octanol–water partition coefficient (Wildman–Crippen LogP) is 2.28. The van der Waals surface area contributed by atoms with E-state index in [9.17, 15) is 13.2 Å². The number of hydrogen-bond acceptors (Lipinski definition) is 4. The van der Waals surface area contributed by atoms with Crippen LogP contribution >= 0.6 is 0 Å². The number of esters is 1. The van der Waals surface area contributed by atoms with Gasteiger partial charge in [-0.05, 0) is 38.8 Å². The van der Waals surface area contributed by atoms with Crippen molar-refractivity contribution in [1.29, 1.82) is 0 Å². The molecule has 0 aromatic heterocycles. The molecule has 0 amide bonds. The van der Waals surface area contributed by atoms with E-state index in [1.165, 1.54) is 7.11 Å². The van der Waals surface area contributed by atoms with Crippen LogP contribution in [-0.4, -0.2) is 26.7 Å². The van der Waals surface area contributed by atoms with E-state index in [2.05, 4.69) is 4.74 Å². The van der Waals surface area contributed by atoms with Gasteiger partial charge in [-0.15, -0.1) is 0 Å². The van der Waals surface area contributed by atoms with Gasteiger partial charge in [0.05, 0.1) is 17.3 Å². The van der Waals surface area contributed by atoms with Gasteiger partial charge in [-0.2, -0.15) is 0 Å². The highest BCUT2D eigenvalue weighted by molar-refractivity contribution is 7.92. The number of hydrogen-bond donors (Lipinski definition) is 0. The van der Waals surface area contributed by atoms with Gasteiger partial charge in [0.1, 0.15) is 0 Å².